The highest BCUT2D eigenvalue weighted by Crippen LogP contribution is 2.41. The van der Waals surface area contributed by atoms with E-state index < -0.39 is 0 Å². The van der Waals surface area contributed by atoms with Crippen molar-refractivity contribution in [1.29, 1.82) is 0 Å². The second-order valence-electron chi connectivity index (χ2n) is 7.90. The van der Waals surface area contributed by atoms with Crippen LogP contribution in [0.5, 0.6) is 5.75 Å². The fraction of sp³-hybridized carbons (Fsp3) is 0.304. The van der Waals surface area contributed by atoms with E-state index in [1.165, 1.54) is 17.8 Å². The molecule has 0 aliphatic carbocycles. The normalized spacial score (nSPS) is 17.6. The Labute approximate surface area is 205 Å². The number of amides is 1. The Balaban J connectivity index is 1.74. The third-order valence-electron chi connectivity index (χ3n) is 5.69. The monoisotopic (exact) mass is 503 g/mol. The van der Waals surface area contributed by atoms with Gasteiger partial charge in [0.05, 0.1) is 48.0 Å². The van der Waals surface area contributed by atoms with Gasteiger partial charge in [0.1, 0.15) is 11.4 Å². The molecular formula is C23H23Cl2N5O4. The zero-order chi connectivity index (χ0) is 24.6. The highest BCUT2D eigenvalue weighted by Gasteiger charge is 2.30. The third-order valence-corrected chi connectivity index (χ3v) is 6.56. The molecule has 9 nitrogen and oxygen atoms in total. The fourth-order valence-electron chi connectivity index (χ4n) is 3.87. The zero-order valence-electron chi connectivity index (χ0n) is 18.8. The van der Waals surface area contributed by atoms with Crippen LogP contribution in [0, 0.1) is 6.92 Å². The van der Waals surface area contributed by atoms with Crippen LogP contribution in [0.15, 0.2) is 35.8 Å². The van der Waals surface area contributed by atoms with Crippen LogP contribution < -0.4 is 20.9 Å². The van der Waals surface area contributed by atoms with Crippen molar-refractivity contribution >= 4 is 46.1 Å². The van der Waals surface area contributed by atoms with Gasteiger partial charge in [0.25, 0.3) is 5.56 Å². The molecule has 1 aliphatic heterocycles. The smallest absolute Gasteiger partial charge is 0.259 e. The van der Waals surface area contributed by atoms with Gasteiger partial charge in [0, 0.05) is 24.2 Å². The number of fused-ring (bicyclic) bond motifs is 1. The van der Waals surface area contributed by atoms with Crippen LogP contribution in [0.1, 0.15) is 5.56 Å². The minimum absolute atomic E-state index is 0.241. The Bertz CT molecular complexity index is 1360. The summed E-state index contributed by atoms with van der Waals surface area (Å²) in [5.74, 6) is 0.437. The zero-order valence-corrected chi connectivity index (χ0v) is 20.3. The first-order chi connectivity index (χ1) is 16.2. The Hall–Kier alpha value is -3.14. The minimum Gasteiger partial charge on any atom is -0.495 e. The summed E-state index contributed by atoms with van der Waals surface area (Å²) < 4.78 is 12.2. The molecule has 1 fully saturated rings. The molecule has 4 rings (SSSR count). The standard InChI is InChI=1S/C23H23Cl2N5O4/c1-5-17(31)27-14-9-34-10-15(14)28-23-26-8-12-7-13(22(32)30(3)21(12)29-23)18-19(24)11(2)6-16(33-4)20(18)25/h5-8,14-15H,1,9-10H2,2-4H3,(H,27,31)(H,26,28,29). The highest BCUT2D eigenvalue weighted by molar-refractivity contribution is 6.40. The maximum atomic E-state index is 13.3. The van der Waals surface area contributed by atoms with E-state index in [1.807, 2.05) is 6.92 Å². The molecule has 2 N–H and O–H groups in total. The van der Waals surface area contributed by atoms with E-state index in [9.17, 15) is 9.59 Å². The average Bonchev–Trinajstić information content (AvgIpc) is 3.25. The number of hydrogen-bond donors (Lipinski definition) is 2. The maximum Gasteiger partial charge on any atom is 0.259 e. The van der Waals surface area contributed by atoms with Gasteiger partial charge in [-0.2, -0.15) is 4.98 Å². The van der Waals surface area contributed by atoms with Crippen molar-refractivity contribution in [1.82, 2.24) is 19.9 Å². The van der Waals surface area contributed by atoms with Crippen LogP contribution in [0.4, 0.5) is 5.95 Å². The molecule has 1 aromatic carbocycles. The number of carbonyl (C=O) groups is 1. The topological polar surface area (TPSA) is 107 Å². The van der Waals surface area contributed by atoms with Gasteiger partial charge in [-0.1, -0.05) is 29.8 Å². The van der Waals surface area contributed by atoms with E-state index in [0.717, 1.165) is 5.56 Å². The first-order valence-electron chi connectivity index (χ1n) is 10.4. The van der Waals surface area contributed by atoms with E-state index in [2.05, 4.69) is 27.2 Å². The molecule has 0 spiro atoms. The van der Waals surface area contributed by atoms with Gasteiger partial charge in [0.15, 0.2) is 0 Å². The summed E-state index contributed by atoms with van der Waals surface area (Å²) in [7, 11) is 3.12. The predicted octanol–water partition coefficient (Wildman–Crippen LogP) is 3.10. The number of anilines is 1. The second kappa shape index (κ2) is 9.61. The number of ether oxygens (including phenoxy) is 2. The van der Waals surface area contributed by atoms with Crippen molar-refractivity contribution in [3.05, 3.63) is 56.9 Å². The van der Waals surface area contributed by atoms with E-state index in [0.29, 0.717) is 52.1 Å². The molecule has 1 aliphatic rings. The average molecular weight is 504 g/mol. The Morgan fingerprint density at radius 1 is 1.29 bits per heavy atom. The number of rotatable bonds is 6. The number of pyridine rings is 1. The summed E-state index contributed by atoms with van der Waals surface area (Å²) in [6.45, 7) is 6.00. The van der Waals surface area contributed by atoms with Gasteiger partial charge in [-0.05, 0) is 30.7 Å². The fourth-order valence-corrected chi connectivity index (χ4v) is 4.49. The number of aromatic nitrogens is 3. The predicted molar refractivity (Wildman–Crippen MR) is 132 cm³/mol. The van der Waals surface area contributed by atoms with Crippen LogP contribution in [0.25, 0.3) is 22.2 Å². The SMILES string of the molecule is C=CC(=O)NC1COCC1Nc1ncc2cc(-c3c(Cl)c(C)cc(OC)c3Cl)c(=O)n(C)c2n1. The number of benzene rings is 1. The van der Waals surface area contributed by atoms with Gasteiger partial charge in [0.2, 0.25) is 11.9 Å². The van der Waals surface area contributed by atoms with Crippen LogP contribution >= 0.6 is 23.2 Å². The van der Waals surface area contributed by atoms with Gasteiger partial charge >= 0.3 is 0 Å². The van der Waals surface area contributed by atoms with Crippen molar-refractivity contribution < 1.29 is 14.3 Å². The van der Waals surface area contributed by atoms with E-state index in [-0.39, 0.29) is 28.6 Å². The highest BCUT2D eigenvalue weighted by atomic mass is 35.5. The van der Waals surface area contributed by atoms with E-state index >= 15 is 0 Å². The van der Waals surface area contributed by atoms with Crippen molar-refractivity contribution in [2.45, 2.75) is 19.0 Å². The first kappa shape index (κ1) is 24.0. The molecule has 0 radical (unpaired) electrons. The van der Waals surface area contributed by atoms with Gasteiger partial charge in [-0.3, -0.25) is 14.2 Å². The third kappa shape index (κ3) is 4.34. The molecule has 2 unspecified atom stereocenters. The first-order valence-corrected chi connectivity index (χ1v) is 11.2. The lowest BCUT2D eigenvalue weighted by Gasteiger charge is -2.20. The number of aryl methyl sites for hydroxylation is 2. The maximum absolute atomic E-state index is 13.3. The summed E-state index contributed by atoms with van der Waals surface area (Å²) in [4.78, 5) is 33.9. The van der Waals surface area contributed by atoms with Gasteiger partial charge in [-0.15, -0.1) is 0 Å². The lowest BCUT2D eigenvalue weighted by molar-refractivity contribution is -0.117. The second-order valence-corrected chi connectivity index (χ2v) is 8.66. The summed E-state index contributed by atoms with van der Waals surface area (Å²) in [5, 5.41) is 7.23. The summed E-state index contributed by atoms with van der Waals surface area (Å²) in [6.07, 6.45) is 2.81. The lowest BCUT2D eigenvalue weighted by Crippen LogP contribution is -2.45. The summed E-state index contributed by atoms with van der Waals surface area (Å²) in [6, 6.07) is 2.88. The van der Waals surface area contributed by atoms with E-state index in [4.69, 9.17) is 32.7 Å². The number of nitrogens with zero attached hydrogens (tertiary/aromatic N) is 3. The number of carbonyl (C=O) groups excluding carboxylic acids is 1. The van der Waals surface area contributed by atoms with Crippen molar-refractivity contribution in [2.75, 3.05) is 25.6 Å². The largest absolute Gasteiger partial charge is 0.495 e. The van der Waals surface area contributed by atoms with Crippen molar-refractivity contribution in [3.63, 3.8) is 0 Å². The van der Waals surface area contributed by atoms with Crippen molar-refractivity contribution in [2.24, 2.45) is 7.05 Å². The number of hydrogen-bond acceptors (Lipinski definition) is 7. The molecule has 0 bridgehead atoms. The molecule has 1 saturated heterocycles. The number of nitrogens with one attached hydrogen (secondary N) is 2. The quantitative estimate of drug-likeness (QED) is 0.497. The van der Waals surface area contributed by atoms with Crippen LogP contribution in [-0.2, 0) is 16.6 Å². The van der Waals surface area contributed by atoms with E-state index in [1.54, 1.807) is 25.4 Å². The molecule has 34 heavy (non-hydrogen) atoms. The lowest BCUT2D eigenvalue weighted by atomic mass is 10.0. The van der Waals surface area contributed by atoms with Crippen LogP contribution in [-0.4, -0.2) is 52.8 Å². The van der Waals surface area contributed by atoms with Crippen LogP contribution in [0.3, 0.4) is 0 Å². The van der Waals surface area contributed by atoms with Gasteiger partial charge in [-0.25, -0.2) is 4.98 Å². The molecule has 3 aromatic rings. The molecule has 1 amide bonds. The Morgan fingerprint density at radius 3 is 2.74 bits per heavy atom. The van der Waals surface area contributed by atoms with Crippen LogP contribution in [0.2, 0.25) is 10.0 Å². The molecule has 2 aromatic heterocycles. The van der Waals surface area contributed by atoms with Gasteiger partial charge < -0.3 is 20.1 Å². The molecule has 11 heteroatoms. The van der Waals surface area contributed by atoms with Crippen molar-refractivity contribution in [3.8, 4) is 16.9 Å². The molecule has 0 saturated carbocycles. The molecule has 178 valence electrons. The molecule has 3 heterocycles. The molecule has 2 atom stereocenters. The Morgan fingerprint density at radius 2 is 2.03 bits per heavy atom. The number of halogens is 2. The minimum atomic E-state index is -0.325. The summed E-state index contributed by atoms with van der Waals surface area (Å²) >= 11 is 13.1. The molecular weight excluding hydrogens is 481 g/mol. The number of methoxy groups -OCH3 is 1. The Kier molecular flexibility index (Phi) is 6.79. The summed E-state index contributed by atoms with van der Waals surface area (Å²) in [5.41, 5.74) is 1.53.